The van der Waals surface area contributed by atoms with Crippen molar-refractivity contribution in [1.82, 2.24) is 0 Å². The Bertz CT molecular complexity index is 213. The average Bonchev–Trinajstić information content (AvgIpc) is 2.26. The molecule has 2 unspecified atom stereocenters. The third-order valence-electron chi connectivity index (χ3n) is 3.15. The van der Waals surface area contributed by atoms with Crippen molar-refractivity contribution >= 4 is 29.0 Å². The molecule has 0 radical (unpaired) electrons. The van der Waals surface area contributed by atoms with Crippen LogP contribution in [0.1, 0.15) is 32.1 Å². The molecule has 0 spiro atoms. The van der Waals surface area contributed by atoms with Gasteiger partial charge in [-0.15, -0.1) is 0 Å². The van der Waals surface area contributed by atoms with Crippen LogP contribution in [-0.4, -0.2) is 10.1 Å². The SMILES string of the molecule is O=C1C2CCCCCC2C1(Cl)Cl. The van der Waals surface area contributed by atoms with Crippen LogP contribution in [0.2, 0.25) is 0 Å². The zero-order chi connectivity index (χ0) is 8.77. The van der Waals surface area contributed by atoms with Gasteiger partial charge in [-0.1, -0.05) is 42.5 Å². The molecule has 2 saturated carbocycles. The van der Waals surface area contributed by atoms with Crippen LogP contribution in [0.15, 0.2) is 0 Å². The summed E-state index contributed by atoms with van der Waals surface area (Å²) in [7, 11) is 0. The lowest BCUT2D eigenvalue weighted by Crippen LogP contribution is -2.55. The lowest BCUT2D eigenvalue weighted by Gasteiger charge is -2.44. The van der Waals surface area contributed by atoms with E-state index in [0.29, 0.717) is 0 Å². The number of Topliss-reactive ketones (excluding diaryl/α,β-unsaturated/α-hetero) is 1. The Kier molecular flexibility index (Phi) is 2.12. The lowest BCUT2D eigenvalue weighted by molar-refractivity contribution is -0.135. The van der Waals surface area contributed by atoms with Crippen LogP contribution in [0, 0.1) is 11.8 Å². The Morgan fingerprint density at radius 1 is 1.17 bits per heavy atom. The van der Waals surface area contributed by atoms with Crippen molar-refractivity contribution in [1.29, 1.82) is 0 Å². The van der Waals surface area contributed by atoms with Gasteiger partial charge in [0.2, 0.25) is 0 Å². The van der Waals surface area contributed by atoms with Crippen molar-refractivity contribution < 1.29 is 4.79 Å². The van der Waals surface area contributed by atoms with Crippen LogP contribution in [0.25, 0.3) is 0 Å². The maximum atomic E-state index is 11.4. The van der Waals surface area contributed by atoms with Gasteiger partial charge in [-0.25, -0.2) is 0 Å². The Balaban J connectivity index is 2.14. The van der Waals surface area contributed by atoms with Crippen LogP contribution in [0.3, 0.4) is 0 Å². The average molecular weight is 207 g/mol. The molecule has 0 aromatic heterocycles. The fourth-order valence-corrected chi connectivity index (χ4v) is 3.19. The molecule has 2 rings (SSSR count). The summed E-state index contributed by atoms with van der Waals surface area (Å²) < 4.78 is -1.03. The third kappa shape index (κ3) is 1.10. The first-order chi connectivity index (χ1) is 5.64. The van der Waals surface area contributed by atoms with Gasteiger partial charge in [-0.2, -0.15) is 0 Å². The van der Waals surface area contributed by atoms with Crippen LogP contribution in [0.5, 0.6) is 0 Å². The molecule has 3 heteroatoms. The summed E-state index contributed by atoms with van der Waals surface area (Å²) in [5, 5.41) is 0. The van der Waals surface area contributed by atoms with E-state index in [-0.39, 0.29) is 17.6 Å². The number of carbonyl (C=O) groups excluding carboxylic acids is 1. The second-order valence-electron chi connectivity index (χ2n) is 3.84. The highest BCUT2D eigenvalue weighted by atomic mass is 35.5. The molecule has 2 aliphatic carbocycles. The Morgan fingerprint density at radius 3 is 2.58 bits per heavy atom. The number of rotatable bonds is 0. The quantitative estimate of drug-likeness (QED) is 0.558. The van der Waals surface area contributed by atoms with Gasteiger partial charge in [0.1, 0.15) is 0 Å². The highest BCUT2D eigenvalue weighted by molar-refractivity contribution is 6.60. The molecule has 68 valence electrons. The van der Waals surface area contributed by atoms with E-state index in [9.17, 15) is 4.79 Å². The van der Waals surface area contributed by atoms with Gasteiger partial charge in [-0.05, 0) is 12.8 Å². The standard InChI is InChI=1S/C9H12Cl2O/c10-9(11)7-5-3-1-2-4-6(7)8(9)12/h6-7H,1-5H2. The van der Waals surface area contributed by atoms with Crippen LogP contribution < -0.4 is 0 Å². The Labute approximate surface area is 82.4 Å². The first-order valence-electron chi connectivity index (χ1n) is 4.56. The third-order valence-corrected chi connectivity index (χ3v) is 4.08. The summed E-state index contributed by atoms with van der Waals surface area (Å²) >= 11 is 11.8. The molecular formula is C9H12Cl2O. The van der Waals surface area contributed by atoms with E-state index in [1.54, 1.807) is 0 Å². The fraction of sp³-hybridized carbons (Fsp3) is 0.889. The monoisotopic (exact) mass is 206 g/mol. The minimum Gasteiger partial charge on any atom is -0.296 e. The summed E-state index contributed by atoms with van der Waals surface area (Å²) in [4.78, 5) is 11.4. The van der Waals surface area contributed by atoms with Gasteiger partial charge in [-0.3, -0.25) is 4.79 Å². The zero-order valence-electron chi connectivity index (χ0n) is 6.85. The van der Waals surface area contributed by atoms with E-state index in [1.165, 1.54) is 12.8 Å². The van der Waals surface area contributed by atoms with Gasteiger partial charge in [0, 0.05) is 11.8 Å². The molecule has 1 nitrogen and oxygen atoms in total. The highest BCUT2D eigenvalue weighted by Crippen LogP contribution is 2.54. The molecule has 0 N–H and O–H groups in total. The summed E-state index contributed by atoms with van der Waals surface area (Å²) in [5.41, 5.74) is 0. The number of halogens is 2. The lowest BCUT2D eigenvalue weighted by atomic mass is 9.68. The van der Waals surface area contributed by atoms with Gasteiger partial charge >= 0.3 is 0 Å². The minimum atomic E-state index is -1.03. The van der Waals surface area contributed by atoms with Crippen molar-refractivity contribution in [3.63, 3.8) is 0 Å². The Hall–Kier alpha value is 0.250. The smallest absolute Gasteiger partial charge is 0.179 e. The molecule has 2 atom stereocenters. The molecule has 0 aliphatic heterocycles. The molecule has 0 aromatic rings. The van der Waals surface area contributed by atoms with E-state index >= 15 is 0 Å². The largest absolute Gasteiger partial charge is 0.296 e. The van der Waals surface area contributed by atoms with Crippen molar-refractivity contribution in [2.75, 3.05) is 0 Å². The number of fused-ring (bicyclic) bond motifs is 1. The van der Waals surface area contributed by atoms with E-state index in [1.807, 2.05) is 0 Å². The van der Waals surface area contributed by atoms with Gasteiger partial charge in [0.25, 0.3) is 0 Å². The second kappa shape index (κ2) is 2.88. The van der Waals surface area contributed by atoms with E-state index in [2.05, 4.69) is 0 Å². The predicted octanol–water partition coefficient (Wildman–Crippen LogP) is 2.94. The second-order valence-corrected chi connectivity index (χ2v) is 5.22. The number of hydrogen-bond acceptors (Lipinski definition) is 1. The molecule has 2 fully saturated rings. The molecule has 0 bridgehead atoms. The molecule has 2 aliphatic rings. The normalized spacial score (nSPS) is 39.7. The molecule has 0 amide bonds. The number of ketones is 1. The topological polar surface area (TPSA) is 17.1 Å². The number of hydrogen-bond donors (Lipinski definition) is 0. The number of alkyl halides is 2. The number of carbonyl (C=O) groups is 1. The first-order valence-corrected chi connectivity index (χ1v) is 5.32. The molecule has 0 aromatic carbocycles. The van der Waals surface area contributed by atoms with Crippen molar-refractivity contribution in [2.45, 2.75) is 36.4 Å². The van der Waals surface area contributed by atoms with Gasteiger partial charge in [0.15, 0.2) is 10.1 Å². The van der Waals surface area contributed by atoms with E-state index < -0.39 is 4.33 Å². The minimum absolute atomic E-state index is 0.0673. The fourth-order valence-electron chi connectivity index (χ4n) is 2.39. The molecule has 0 heterocycles. The van der Waals surface area contributed by atoms with Crippen molar-refractivity contribution in [3.05, 3.63) is 0 Å². The molecule has 0 saturated heterocycles. The van der Waals surface area contributed by atoms with E-state index in [4.69, 9.17) is 23.2 Å². The summed E-state index contributed by atoms with van der Waals surface area (Å²) in [5.74, 6) is 0.496. The van der Waals surface area contributed by atoms with Crippen molar-refractivity contribution in [2.24, 2.45) is 11.8 Å². The van der Waals surface area contributed by atoms with Crippen LogP contribution >= 0.6 is 23.2 Å². The maximum absolute atomic E-state index is 11.4. The van der Waals surface area contributed by atoms with Gasteiger partial charge < -0.3 is 0 Å². The van der Waals surface area contributed by atoms with Crippen LogP contribution in [-0.2, 0) is 4.79 Å². The summed E-state index contributed by atoms with van der Waals surface area (Å²) in [6.45, 7) is 0. The first kappa shape index (κ1) is 8.83. The Morgan fingerprint density at radius 2 is 1.83 bits per heavy atom. The molecule has 12 heavy (non-hydrogen) atoms. The van der Waals surface area contributed by atoms with Crippen LogP contribution in [0.4, 0.5) is 0 Å². The zero-order valence-corrected chi connectivity index (χ0v) is 8.37. The molecular weight excluding hydrogens is 195 g/mol. The maximum Gasteiger partial charge on any atom is 0.179 e. The summed E-state index contributed by atoms with van der Waals surface area (Å²) in [6.07, 6.45) is 5.60. The van der Waals surface area contributed by atoms with Gasteiger partial charge in [0.05, 0.1) is 0 Å². The highest BCUT2D eigenvalue weighted by Gasteiger charge is 2.59. The van der Waals surface area contributed by atoms with E-state index in [0.717, 1.165) is 19.3 Å². The summed E-state index contributed by atoms with van der Waals surface area (Å²) in [6, 6.07) is 0. The van der Waals surface area contributed by atoms with Crippen molar-refractivity contribution in [3.8, 4) is 0 Å². The predicted molar refractivity (Wildman–Crippen MR) is 49.5 cm³/mol.